The van der Waals surface area contributed by atoms with Crippen LogP contribution in [-0.4, -0.2) is 18.4 Å². The van der Waals surface area contributed by atoms with Gasteiger partial charge in [0.15, 0.2) is 0 Å². The highest BCUT2D eigenvalue weighted by molar-refractivity contribution is 6.04. The average molecular weight is 350 g/mol. The Morgan fingerprint density at radius 2 is 1.73 bits per heavy atom. The summed E-state index contributed by atoms with van der Waals surface area (Å²) in [6, 6.07) is 12.1. The van der Waals surface area contributed by atoms with Crippen molar-refractivity contribution in [3.05, 3.63) is 58.7 Å². The third-order valence-corrected chi connectivity index (χ3v) is 5.08. The summed E-state index contributed by atoms with van der Waals surface area (Å²) in [4.78, 5) is 26.9. The van der Waals surface area contributed by atoms with Crippen molar-refractivity contribution in [2.45, 2.75) is 40.5 Å². The molecule has 4 nitrogen and oxygen atoms in total. The number of hydrogen-bond donors (Lipinski definition) is 1. The molecule has 1 aliphatic heterocycles. The summed E-state index contributed by atoms with van der Waals surface area (Å²) >= 11 is 0. The van der Waals surface area contributed by atoms with Crippen LogP contribution in [0.3, 0.4) is 0 Å². The fraction of sp³-hybridized carbons (Fsp3) is 0.364. The summed E-state index contributed by atoms with van der Waals surface area (Å²) in [6.07, 6.45) is 1.22. The highest BCUT2D eigenvalue weighted by Gasteiger charge is 2.35. The Morgan fingerprint density at radius 3 is 2.31 bits per heavy atom. The van der Waals surface area contributed by atoms with Crippen LogP contribution in [0.1, 0.15) is 35.6 Å². The van der Waals surface area contributed by atoms with Gasteiger partial charge in [-0.2, -0.15) is 0 Å². The van der Waals surface area contributed by atoms with Gasteiger partial charge in [0, 0.05) is 24.3 Å². The van der Waals surface area contributed by atoms with Gasteiger partial charge in [0.1, 0.15) is 0 Å². The van der Waals surface area contributed by atoms with Gasteiger partial charge in [0.25, 0.3) is 0 Å². The second kappa shape index (κ2) is 7.32. The fourth-order valence-electron chi connectivity index (χ4n) is 3.65. The van der Waals surface area contributed by atoms with Crippen molar-refractivity contribution >= 4 is 23.2 Å². The molecule has 4 heteroatoms. The molecule has 3 rings (SSSR count). The number of benzene rings is 2. The van der Waals surface area contributed by atoms with Crippen LogP contribution in [-0.2, 0) is 16.0 Å². The van der Waals surface area contributed by atoms with Crippen LogP contribution in [0.15, 0.2) is 36.4 Å². The van der Waals surface area contributed by atoms with Gasteiger partial charge in [-0.1, -0.05) is 36.8 Å². The number of rotatable bonds is 4. The topological polar surface area (TPSA) is 49.4 Å². The summed E-state index contributed by atoms with van der Waals surface area (Å²) < 4.78 is 0. The number of carbonyl (C=O) groups excluding carboxylic acids is 2. The van der Waals surface area contributed by atoms with Crippen LogP contribution >= 0.6 is 0 Å². The first-order valence-corrected chi connectivity index (χ1v) is 9.17. The number of carbonyl (C=O) groups is 2. The lowest BCUT2D eigenvalue weighted by Gasteiger charge is -2.18. The molecule has 1 atom stereocenters. The van der Waals surface area contributed by atoms with E-state index in [0.717, 1.165) is 28.9 Å². The number of aryl methyl sites for hydroxylation is 4. The molecule has 1 heterocycles. The van der Waals surface area contributed by atoms with Crippen molar-refractivity contribution in [3.8, 4) is 0 Å². The minimum Gasteiger partial charge on any atom is -0.325 e. The highest BCUT2D eigenvalue weighted by Crippen LogP contribution is 2.28. The largest absolute Gasteiger partial charge is 0.325 e. The highest BCUT2D eigenvalue weighted by atomic mass is 16.2. The van der Waals surface area contributed by atoms with Gasteiger partial charge in [-0.25, -0.2) is 0 Å². The molecule has 0 spiro atoms. The normalized spacial score (nSPS) is 16.8. The molecule has 2 aromatic carbocycles. The van der Waals surface area contributed by atoms with Gasteiger partial charge in [0.05, 0.1) is 5.92 Å². The zero-order valence-electron chi connectivity index (χ0n) is 15.9. The summed E-state index contributed by atoms with van der Waals surface area (Å²) in [5.41, 5.74) is 6.24. The van der Waals surface area contributed by atoms with Crippen LogP contribution in [0.2, 0.25) is 0 Å². The van der Waals surface area contributed by atoms with Gasteiger partial charge in [-0.05, 0) is 56.0 Å². The molecule has 0 radical (unpaired) electrons. The predicted octanol–water partition coefficient (Wildman–Crippen LogP) is 4.17. The van der Waals surface area contributed by atoms with E-state index >= 15 is 0 Å². The molecule has 1 saturated heterocycles. The minimum absolute atomic E-state index is 0.00625. The van der Waals surface area contributed by atoms with Gasteiger partial charge in [-0.15, -0.1) is 0 Å². The van der Waals surface area contributed by atoms with E-state index < -0.39 is 0 Å². The monoisotopic (exact) mass is 350 g/mol. The predicted molar refractivity (Wildman–Crippen MR) is 106 cm³/mol. The van der Waals surface area contributed by atoms with E-state index in [9.17, 15) is 9.59 Å². The van der Waals surface area contributed by atoms with Crippen LogP contribution in [0.4, 0.5) is 11.4 Å². The standard InChI is InChI=1S/C22H26N2O2/c1-5-17-6-8-19(9-7-17)24-13-18(12-20(24)25)22(26)23-21-15(3)10-14(2)11-16(21)4/h6-11,18H,5,12-13H2,1-4H3,(H,23,26)/t18-/m1/s1. The summed E-state index contributed by atoms with van der Waals surface area (Å²) in [7, 11) is 0. The van der Waals surface area contributed by atoms with Crippen molar-refractivity contribution in [2.24, 2.45) is 5.92 Å². The van der Waals surface area contributed by atoms with Gasteiger partial charge in [0.2, 0.25) is 11.8 Å². The first kappa shape index (κ1) is 18.2. The lowest BCUT2D eigenvalue weighted by Crippen LogP contribution is -2.28. The molecule has 26 heavy (non-hydrogen) atoms. The van der Waals surface area contributed by atoms with Crippen molar-refractivity contribution in [1.29, 1.82) is 0 Å². The smallest absolute Gasteiger partial charge is 0.229 e. The Balaban J connectivity index is 1.73. The minimum atomic E-state index is -0.326. The van der Waals surface area contributed by atoms with E-state index in [0.29, 0.717) is 6.54 Å². The van der Waals surface area contributed by atoms with Crippen molar-refractivity contribution in [1.82, 2.24) is 0 Å². The Bertz CT molecular complexity index is 817. The Morgan fingerprint density at radius 1 is 1.12 bits per heavy atom. The van der Waals surface area contributed by atoms with Crippen LogP contribution in [0.5, 0.6) is 0 Å². The number of nitrogens with zero attached hydrogens (tertiary/aromatic N) is 1. The number of hydrogen-bond acceptors (Lipinski definition) is 2. The van der Waals surface area contributed by atoms with E-state index in [1.165, 1.54) is 11.1 Å². The van der Waals surface area contributed by atoms with Gasteiger partial charge < -0.3 is 10.2 Å². The fourth-order valence-corrected chi connectivity index (χ4v) is 3.65. The molecule has 1 N–H and O–H groups in total. The second-order valence-corrected chi connectivity index (χ2v) is 7.19. The van der Waals surface area contributed by atoms with Crippen LogP contribution < -0.4 is 10.2 Å². The zero-order chi connectivity index (χ0) is 18.8. The van der Waals surface area contributed by atoms with Crippen LogP contribution in [0.25, 0.3) is 0 Å². The first-order chi connectivity index (χ1) is 12.4. The molecule has 1 fully saturated rings. The third-order valence-electron chi connectivity index (χ3n) is 5.08. The summed E-state index contributed by atoms with van der Waals surface area (Å²) in [5, 5.41) is 3.04. The molecule has 0 unspecified atom stereocenters. The second-order valence-electron chi connectivity index (χ2n) is 7.19. The Kier molecular flexibility index (Phi) is 5.12. The maximum absolute atomic E-state index is 12.7. The first-order valence-electron chi connectivity index (χ1n) is 9.17. The molecule has 2 aromatic rings. The summed E-state index contributed by atoms with van der Waals surface area (Å²) in [5.74, 6) is -0.402. The molecule has 2 amide bonds. The Labute approximate surface area is 155 Å². The van der Waals surface area contributed by atoms with Gasteiger partial charge in [-0.3, -0.25) is 9.59 Å². The summed E-state index contributed by atoms with van der Waals surface area (Å²) in [6.45, 7) is 8.57. The van der Waals surface area contributed by atoms with E-state index in [-0.39, 0.29) is 24.2 Å². The Hall–Kier alpha value is -2.62. The average Bonchev–Trinajstić information content (AvgIpc) is 3.00. The quantitative estimate of drug-likeness (QED) is 0.900. The lowest BCUT2D eigenvalue weighted by molar-refractivity contribution is -0.122. The number of amides is 2. The molecular formula is C22H26N2O2. The molecular weight excluding hydrogens is 324 g/mol. The van der Waals surface area contributed by atoms with E-state index in [4.69, 9.17) is 0 Å². The maximum atomic E-state index is 12.7. The molecule has 0 aliphatic carbocycles. The molecule has 136 valence electrons. The molecule has 0 bridgehead atoms. The maximum Gasteiger partial charge on any atom is 0.229 e. The van der Waals surface area contributed by atoms with E-state index in [1.54, 1.807) is 4.90 Å². The number of nitrogens with one attached hydrogen (secondary N) is 1. The van der Waals surface area contributed by atoms with Crippen molar-refractivity contribution < 1.29 is 9.59 Å². The zero-order valence-corrected chi connectivity index (χ0v) is 15.9. The molecule has 0 aromatic heterocycles. The van der Waals surface area contributed by atoms with E-state index in [1.807, 2.05) is 45.0 Å². The molecule has 0 saturated carbocycles. The van der Waals surface area contributed by atoms with E-state index in [2.05, 4.69) is 24.4 Å². The number of anilines is 2. The molecule has 1 aliphatic rings. The van der Waals surface area contributed by atoms with Crippen molar-refractivity contribution in [3.63, 3.8) is 0 Å². The van der Waals surface area contributed by atoms with Gasteiger partial charge >= 0.3 is 0 Å². The van der Waals surface area contributed by atoms with Crippen molar-refractivity contribution in [2.75, 3.05) is 16.8 Å². The lowest BCUT2D eigenvalue weighted by atomic mass is 10.0. The van der Waals surface area contributed by atoms with Crippen LogP contribution in [0, 0.1) is 26.7 Å². The SMILES string of the molecule is CCc1ccc(N2C[C@H](C(=O)Nc3c(C)cc(C)cc3C)CC2=O)cc1. The third kappa shape index (κ3) is 3.64.